The van der Waals surface area contributed by atoms with Crippen LogP contribution in [0.25, 0.3) is 0 Å². The summed E-state index contributed by atoms with van der Waals surface area (Å²) in [7, 11) is 0. The van der Waals surface area contributed by atoms with Crippen LogP contribution in [-0.2, 0) is 4.74 Å². The maximum atomic E-state index is 11.3. The van der Waals surface area contributed by atoms with Gasteiger partial charge in [-0.15, -0.1) is 0 Å². The quantitative estimate of drug-likeness (QED) is 0.701. The number of aromatic amines is 1. The third-order valence-electron chi connectivity index (χ3n) is 2.60. The van der Waals surface area contributed by atoms with Gasteiger partial charge in [0.15, 0.2) is 0 Å². The standard InChI is InChI=1S/C9H14N2O2/c1-6-5-8(7(2)13-6)11-4-3-10-9(11)12/h3-4,6-8H,5H2,1-2H3,(H,10,12). The van der Waals surface area contributed by atoms with Gasteiger partial charge in [0, 0.05) is 12.4 Å². The second-order valence-corrected chi connectivity index (χ2v) is 3.63. The Labute approximate surface area is 76.5 Å². The van der Waals surface area contributed by atoms with Gasteiger partial charge >= 0.3 is 5.69 Å². The lowest BCUT2D eigenvalue weighted by molar-refractivity contribution is 0.0570. The second-order valence-electron chi connectivity index (χ2n) is 3.63. The Hall–Kier alpha value is -1.03. The maximum absolute atomic E-state index is 11.3. The predicted molar refractivity (Wildman–Crippen MR) is 48.7 cm³/mol. The van der Waals surface area contributed by atoms with Gasteiger partial charge in [0.2, 0.25) is 0 Å². The molecule has 2 heterocycles. The summed E-state index contributed by atoms with van der Waals surface area (Å²) in [6.07, 6.45) is 4.74. The Bertz CT molecular complexity index is 341. The fourth-order valence-corrected chi connectivity index (χ4v) is 1.98. The molecule has 1 aromatic heterocycles. The SMILES string of the molecule is CC1CC(n2cc[nH]c2=O)C(C)O1. The van der Waals surface area contributed by atoms with Crippen molar-refractivity contribution < 1.29 is 4.74 Å². The molecule has 1 aliphatic rings. The minimum Gasteiger partial charge on any atom is -0.373 e. The maximum Gasteiger partial charge on any atom is 0.325 e. The van der Waals surface area contributed by atoms with E-state index in [0.717, 1.165) is 6.42 Å². The topological polar surface area (TPSA) is 47.0 Å². The van der Waals surface area contributed by atoms with Gasteiger partial charge in [-0.3, -0.25) is 4.57 Å². The van der Waals surface area contributed by atoms with Crippen molar-refractivity contribution in [1.82, 2.24) is 9.55 Å². The van der Waals surface area contributed by atoms with Crippen molar-refractivity contribution in [2.45, 2.75) is 38.5 Å². The van der Waals surface area contributed by atoms with Crippen molar-refractivity contribution >= 4 is 0 Å². The molecule has 1 N–H and O–H groups in total. The minimum absolute atomic E-state index is 0.0467. The number of hydrogen-bond donors (Lipinski definition) is 1. The molecule has 1 aromatic rings. The first kappa shape index (κ1) is 8.56. The molecule has 0 amide bonds. The molecule has 3 unspecified atom stereocenters. The smallest absolute Gasteiger partial charge is 0.325 e. The third kappa shape index (κ3) is 1.42. The highest BCUT2D eigenvalue weighted by molar-refractivity contribution is 4.88. The monoisotopic (exact) mass is 182 g/mol. The zero-order valence-corrected chi connectivity index (χ0v) is 7.86. The van der Waals surface area contributed by atoms with Gasteiger partial charge < -0.3 is 9.72 Å². The van der Waals surface area contributed by atoms with Gasteiger partial charge in [-0.1, -0.05) is 0 Å². The Balaban J connectivity index is 2.27. The first-order chi connectivity index (χ1) is 6.18. The van der Waals surface area contributed by atoms with E-state index in [2.05, 4.69) is 4.98 Å². The zero-order chi connectivity index (χ0) is 9.42. The average Bonchev–Trinajstić information content (AvgIpc) is 2.58. The van der Waals surface area contributed by atoms with Gasteiger partial charge in [-0.2, -0.15) is 0 Å². The van der Waals surface area contributed by atoms with Crippen LogP contribution in [-0.4, -0.2) is 21.8 Å². The highest BCUT2D eigenvalue weighted by Gasteiger charge is 2.31. The second kappa shape index (κ2) is 3.03. The summed E-state index contributed by atoms with van der Waals surface area (Å²) in [6, 6.07) is 0.189. The summed E-state index contributed by atoms with van der Waals surface area (Å²) >= 11 is 0. The number of rotatable bonds is 1. The minimum atomic E-state index is -0.0467. The van der Waals surface area contributed by atoms with E-state index in [1.165, 1.54) is 0 Å². The first-order valence-corrected chi connectivity index (χ1v) is 4.59. The van der Waals surface area contributed by atoms with Crippen molar-refractivity contribution in [2.75, 3.05) is 0 Å². The van der Waals surface area contributed by atoms with E-state index in [1.807, 2.05) is 13.8 Å². The van der Waals surface area contributed by atoms with Crippen LogP contribution in [0.3, 0.4) is 0 Å². The molecule has 4 nitrogen and oxygen atoms in total. The van der Waals surface area contributed by atoms with E-state index in [1.54, 1.807) is 17.0 Å². The summed E-state index contributed by atoms with van der Waals surface area (Å²) in [5.74, 6) is 0. The highest BCUT2D eigenvalue weighted by atomic mass is 16.5. The molecule has 72 valence electrons. The molecular formula is C9H14N2O2. The largest absolute Gasteiger partial charge is 0.373 e. The molecule has 2 rings (SSSR count). The number of nitrogens with one attached hydrogen (secondary N) is 1. The van der Waals surface area contributed by atoms with Gasteiger partial charge in [0.05, 0.1) is 18.2 Å². The Kier molecular flexibility index (Phi) is 2.00. The first-order valence-electron chi connectivity index (χ1n) is 4.59. The summed E-state index contributed by atoms with van der Waals surface area (Å²) in [4.78, 5) is 13.9. The lowest BCUT2D eigenvalue weighted by Crippen LogP contribution is -2.25. The van der Waals surface area contributed by atoms with Crippen molar-refractivity contribution in [3.8, 4) is 0 Å². The molecule has 13 heavy (non-hydrogen) atoms. The molecule has 0 aromatic carbocycles. The molecule has 0 bridgehead atoms. The molecule has 0 spiro atoms. The highest BCUT2D eigenvalue weighted by Crippen LogP contribution is 2.28. The van der Waals surface area contributed by atoms with Crippen molar-refractivity contribution in [3.63, 3.8) is 0 Å². The number of H-pyrrole nitrogens is 1. The fourth-order valence-electron chi connectivity index (χ4n) is 1.98. The zero-order valence-electron chi connectivity index (χ0n) is 7.86. The molecular weight excluding hydrogens is 168 g/mol. The third-order valence-corrected chi connectivity index (χ3v) is 2.60. The van der Waals surface area contributed by atoms with Gasteiger partial charge in [0.1, 0.15) is 0 Å². The number of nitrogens with zero attached hydrogens (tertiary/aromatic N) is 1. The van der Waals surface area contributed by atoms with Gasteiger partial charge in [-0.05, 0) is 20.3 Å². The van der Waals surface area contributed by atoms with Gasteiger partial charge in [0.25, 0.3) is 0 Å². The van der Waals surface area contributed by atoms with Crippen LogP contribution in [0.2, 0.25) is 0 Å². The van der Waals surface area contributed by atoms with Crippen LogP contribution in [0.4, 0.5) is 0 Å². The van der Waals surface area contributed by atoms with Crippen molar-refractivity contribution in [3.05, 3.63) is 22.9 Å². The van der Waals surface area contributed by atoms with E-state index < -0.39 is 0 Å². The summed E-state index contributed by atoms with van der Waals surface area (Å²) in [5, 5.41) is 0. The molecule has 1 fully saturated rings. The van der Waals surface area contributed by atoms with Crippen molar-refractivity contribution in [2.24, 2.45) is 0 Å². The van der Waals surface area contributed by atoms with E-state index in [4.69, 9.17) is 4.74 Å². The number of hydrogen-bond acceptors (Lipinski definition) is 2. The Morgan fingerprint density at radius 1 is 1.62 bits per heavy atom. The fraction of sp³-hybridized carbons (Fsp3) is 0.667. The summed E-state index contributed by atoms with van der Waals surface area (Å²) in [5.41, 5.74) is -0.0467. The molecule has 4 heteroatoms. The van der Waals surface area contributed by atoms with Crippen LogP contribution in [0.15, 0.2) is 17.2 Å². The molecule has 0 aliphatic carbocycles. The Morgan fingerprint density at radius 2 is 2.38 bits per heavy atom. The van der Waals surface area contributed by atoms with Crippen LogP contribution in [0.1, 0.15) is 26.3 Å². The molecule has 0 saturated carbocycles. The van der Waals surface area contributed by atoms with E-state index >= 15 is 0 Å². The predicted octanol–water partition coefficient (Wildman–Crippen LogP) is 0.915. The average molecular weight is 182 g/mol. The summed E-state index contributed by atoms with van der Waals surface area (Å²) in [6.45, 7) is 4.04. The molecule has 1 aliphatic heterocycles. The van der Waals surface area contributed by atoms with E-state index in [0.29, 0.717) is 0 Å². The van der Waals surface area contributed by atoms with Crippen molar-refractivity contribution in [1.29, 1.82) is 0 Å². The molecule has 0 radical (unpaired) electrons. The van der Waals surface area contributed by atoms with Crippen LogP contribution < -0.4 is 5.69 Å². The molecule has 3 atom stereocenters. The van der Waals surface area contributed by atoms with E-state index in [-0.39, 0.29) is 23.9 Å². The van der Waals surface area contributed by atoms with Gasteiger partial charge in [-0.25, -0.2) is 4.79 Å². The summed E-state index contributed by atoms with van der Waals surface area (Å²) < 4.78 is 7.30. The van der Waals surface area contributed by atoms with Crippen LogP contribution in [0, 0.1) is 0 Å². The van der Waals surface area contributed by atoms with E-state index in [9.17, 15) is 4.79 Å². The van der Waals surface area contributed by atoms with Crippen LogP contribution >= 0.6 is 0 Å². The lowest BCUT2D eigenvalue weighted by atomic mass is 10.1. The lowest BCUT2D eigenvalue weighted by Gasteiger charge is -2.13. The normalized spacial score (nSPS) is 33.8. The molecule has 1 saturated heterocycles. The number of imidazole rings is 1. The van der Waals surface area contributed by atoms with Crippen LogP contribution in [0.5, 0.6) is 0 Å². The number of ether oxygens (including phenoxy) is 1. The number of aromatic nitrogens is 2. The Morgan fingerprint density at radius 3 is 2.85 bits per heavy atom.